The normalized spacial score (nSPS) is 34.8. The van der Waals surface area contributed by atoms with Gasteiger partial charge in [0, 0.05) is 31.0 Å². The molecular formula is C16H28ClN3O3. The highest BCUT2D eigenvalue weighted by atomic mass is 35.5. The Hall–Kier alpha value is -0.850. The number of nitrogens with zero attached hydrogens (tertiary/aromatic N) is 1. The molecule has 0 aromatic heterocycles. The minimum atomic E-state index is -0.941. The Morgan fingerprint density at radius 3 is 2.57 bits per heavy atom. The van der Waals surface area contributed by atoms with Crippen LogP contribution in [0.2, 0.25) is 0 Å². The fraction of sp³-hybridized carbons (Fsp3) is 0.875. The zero-order valence-electron chi connectivity index (χ0n) is 14.0. The number of fused-ring (bicyclic) bond motifs is 1. The summed E-state index contributed by atoms with van der Waals surface area (Å²) in [5.74, 6) is -0.169. The van der Waals surface area contributed by atoms with Crippen molar-refractivity contribution in [3.63, 3.8) is 0 Å². The maximum Gasteiger partial charge on any atom is 0.241 e. The van der Waals surface area contributed by atoms with E-state index in [-0.39, 0.29) is 42.8 Å². The van der Waals surface area contributed by atoms with E-state index < -0.39 is 11.0 Å². The summed E-state index contributed by atoms with van der Waals surface area (Å²) in [4.78, 5) is 26.6. The first-order valence-corrected chi connectivity index (χ1v) is 8.35. The second-order valence-corrected chi connectivity index (χ2v) is 7.40. The van der Waals surface area contributed by atoms with Gasteiger partial charge in [-0.3, -0.25) is 9.59 Å². The maximum absolute atomic E-state index is 12.7. The van der Waals surface area contributed by atoms with Gasteiger partial charge in [-0.2, -0.15) is 0 Å². The van der Waals surface area contributed by atoms with Crippen LogP contribution < -0.4 is 11.1 Å². The van der Waals surface area contributed by atoms with Crippen LogP contribution >= 0.6 is 12.4 Å². The predicted octanol–water partition coefficient (Wildman–Crippen LogP) is 0.679. The summed E-state index contributed by atoms with van der Waals surface area (Å²) in [6.45, 7) is 6.36. The lowest BCUT2D eigenvalue weighted by Crippen LogP contribution is -2.82. The number of amides is 2. The molecule has 3 aliphatic rings. The predicted molar refractivity (Wildman–Crippen MR) is 89.2 cm³/mol. The number of hydrogen-bond donors (Lipinski definition) is 2. The van der Waals surface area contributed by atoms with Crippen molar-refractivity contribution in [2.45, 2.75) is 51.2 Å². The Balaban J connectivity index is 0.00000192. The third-order valence-corrected chi connectivity index (χ3v) is 5.92. The average molecular weight is 346 g/mol. The quantitative estimate of drug-likeness (QED) is 0.787. The first-order chi connectivity index (χ1) is 10.4. The van der Waals surface area contributed by atoms with Crippen LogP contribution in [0.1, 0.15) is 39.5 Å². The fourth-order valence-corrected chi connectivity index (χ4v) is 4.42. The molecule has 2 amide bonds. The van der Waals surface area contributed by atoms with Crippen molar-refractivity contribution in [3.05, 3.63) is 0 Å². The van der Waals surface area contributed by atoms with Gasteiger partial charge in [-0.15, -0.1) is 12.4 Å². The standard InChI is InChI=1S/C16H27N3O3.ClH/c1-15(2)13-11(6-5-9-22-13)16(15,17)14(21)18-10-12(20)19-7-3-4-8-19;/h11,13H,3-10,17H2,1-2H3,(H,18,21);1H. The van der Waals surface area contributed by atoms with Gasteiger partial charge in [-0.05, 0) is 25.7 Å². The lowest BCUT2D eigenvalue weighted by molar-refractivity contribution is -0.225. The first kappa shape index (κ1) is 18.5. The third-order valence-electron chi connectivity index (χ3n) is 5.92. The molecule has 0 spiro atoms. The van der Waals surface area contributed by atoms with Gasteiger partial charge in [-0.25, -0.2) is 0 Å². The smallest absolute Gasteiger partial charge is 0.241 e. The number of nitrogens with two attached hydrogens (primary N) is 1. The Labute approximate surface area is 143 Å². The molecule has 3 atom stereocenters. The van der Waals surface area contributed by atoms with Crippen LogP contribution in [-0.2, 0) is 14.3 Å². The summed E-state index contributed by atoms with van der Waals surface area (Å²) in [7, 11) is 0. The van der Waals surface area contributed by atoms with Crippen molar-refractivity contribution in [1.29, 1.82) is 0 Å². The van der Waals surface area contributed by atoms with Crippen molar-refractivity contribution < 1.29 is 14.3 Å². The summed E-state index contributed by atoms with van der Waals surface area (Å²) in [5.41, 5.74) is 5.16. The third kappa shape index (κ3) is 2.75. The molecule has 0 bridgehead atoms. The number of carbonyl (C=O) groups is 2. The van der Waals surface area contributed by atoms with E-state index in [1.54, 1.807) is 0 Å². The SMILES string of the molecule is CC1(C)C2OCCCC2C1(N)C(=O)NCC(=O)N1CCCC1.Cl. The van der Waals surface area contributed by atoms with Crippen LogP contribution in [0.5, 0.6) is 0 Å². The fourth-order valence-electron chi connectivity index (χ4n) is 4.42. The lowest BCUT2D eigenvalue weighted by atomic mass is 9.46. The van der Waals surface area contributed by atoms with Crippen LogP contribution in [0.3, 0.4) is 0 Å². The lowest BCUT2D eigenvalue weighted by Gasteiger charge is -2.65. The minimum absolute atomic E-state index is 0. The zero-order valence-corrected chi connectivity index (χ0v) is 14.8. The van der Waals surface area contributed by atoms with Gasteiger partial charge in [-0.1, -0.05) is 13.8 Å². The summed E-state index contributed by atoms with van der Waals surface area (Å²) >= 11 is 0. The van der Waals surface area contributed by atoms with Crippen molar-refractivity contribution in [2.24, 2.45) is 17.1 Å². The van der Waals surface area contributed by atoms with Crippen LogP contribution in [-0.4, -0.2) is 54.6 Å². The largest absolute Gasteiger partial charge is 0.377 e. The van der Waals surface area contributed by atoms with Gasteiger partial charge in [0.15, 0.2) is 0 Å². The maximum atomic E-state index is 12.7. The minimum Gasteiger partial charge on any atom is -0.377 e. The molecule has 2 saturated heterocycles. The number of hydrogen-bond acceptors (Lipinski definition) is 4. The van der Waals surface area contributed by atoms with E-state index in [9.17, 15) is 9.59 Å². The Morgan fingerprint density at radius 2 is 1.91 bits per heavy atom. The number of nitrogens with one attached hydrogen (secondary N) is 1. The van der Waals surface area contributed by atoms with Gasteiger partial charge >= 0.3 is 0 Å². The Kier molecular flexibility index (Phi) is 5.28. The van der Waals surface area contributed by atoms with E-state index >= 15 is 0 Å². The molecule has 3 rings (SSSR count). The van der Waals surface area contributed by atoms with Gasteiger partial charge in [0.05, 0.1) is 12.6 Å². The van der Waals surface area contributed by atoms with Crippen LogP contribution in [0.25, 0.3) is 0 Å². The summed E-state index contributed by atoms with van der Waals surface area (Å²) in [6.07, 6.45) is 4.00. The molecule has 7 heteroatoms. The highest BCUT2D eigenvalue weighted by molar-refractivity contribution is 5.92. The van der Waals surface area contributed by atoms with Crippen LogP contribution in [0.15, 0.2) is 0 Å². The molecule has 0 aromatic carbocycles. The molecule has 3 N–H and O–H groups in total. The Morgan fingerprint density at radius 1 is 1.26 bits per heavy atom. The molecular weight excluding hydrogens is 318 g/mol. The molecule has 2 heterocycles. The molecule has 3 fully saturated rings. The van der Waals surface area contributed by atoms with Gasteiger partial charge in [0.2, 0.25) is 11.8 Å². The molecule has 0 aromatic rings. The first-order valence-electron chi connectivity index (χ1n) is 8.35. The van der Waals surface area contributed by atoms with E-state index in [1.165, 1.54) is 0 Å². The van der Waals surface area contributed by atoms with E-state index in [1.807, 2.05) is 18.7 Å². The summed E-state index contributed by atoms with van der Waals surface area (Å²) < 4.78 is 5.81. The molecule has 3 unspecified atom stereocenters. The number of rotatable bonds is 3. The molecule has 1 saturated carbocycles. The topological polar surface area (TPSA) is 84.7 Å². The second-order valence-electron chi connectivity index (χ2n) is 7.40. The van der Waals surface area contributed by atoms with Gasteiger partial charge < -0.3 is 20.7 Å². The van der Waals surface area contributed by atoms with E-state index in [0.717, 1.165) is 45.4 Å². The van der Waals surface area contributed by atoms with Crippen LogP contribution in [0.4, 0.5) is 0 Å². The molecule has 0 radical (unpaired) electrons. The van der Waals surface area contributed by atoms with E-state index in [0.29, 0.717) is 0 Å². The number of likely N-dealkylation sites (tertiary alicyclic amines) is 1. The molecule has 1 aliphatic carbocycles. The van der Waals surface area contributed by atoms with Crippen molar-refractivity contribution >= 4 is 24.2 Å². The van der Waals surface area contributed by atoms with Crippen molar-refractivity contribution in [1.82, 2.24) is 10.2 Å². The van der Waals surface area contributed by atoms with Gasteiger partial charge in [0.25, 0.3) is 0 Å². The van der Waals surface area contributed by atoms with Crippen LogP contribution in [0, 0.1) is 11.3 Å². The van der Waals surface area contributed by atoms with E-state index in [4.69, 9.17) is 10.5 Å². The second kappa shape index (κ2) is 6.57. The molecule has 23 heavy (non-hydrogen) atoms. The summed E-state index contributed by atoms with van der Waals surface area (Å²) in [5, 5.41) is 2.78. The number of carbonyl (C=O) groups excluding carboxylic acids is 2. The highest BCUT2D eigenvalue weighted by Gasteiger charge is 2.70. The van der Waals surface area contributed by atoms with Crippen molar-refractivity contribution in [3.8, 4) is 0 Å². The van der Waals surface area contributed by atoms with Gasteiger partial charge in [0.1, 0.15) is 5.54 Å². The highest BCUT2D eigenvalue weighted by Crippen LogP contribution is 2.57. The van der Waals surface area contributed by atoms with Crippen molar-refractivity contribution in [2.75, 3.05) is 26.2 Å². The number of ether oxygens (including phenoxy) is 1. The Bertz CT molecular complexity index is 479. The zero-order chi connectivity index (χ0) is 16.0. The molecule has 132 valence electrons. The number of halogens is 1. The average Bonchev–Trinajstić information content (AvgIpc) is 3.05. The van der Waals surface area contributed by atoms with E-state index in [2.05, 4.69) is 5.32 Å². The molecule has 6 nitrogen and oxygen atoms in total. The molecule has 2 aliphatic heterocycles. The monoisotopic (exact) mass is 345 g/mol. The summed E-state index contributed by atoms with van der Waals surface area (Å²) in [6, 6.07) is 0.